The predicted molar refractivity (Wildman–Crippen MR) is 119 cm³/mol. The minimum Gasteiger partial charge on any atom is -0.342 e. The van der Waals surface area contributed by atoms with E-state index >= 15 is 0 Å². The van der Waals surface area contributed by atoms with E-state index < -0.39 is 0 Å². The molecule has 30 heavy (non-hydrogen) atoms. The van der Waals surface area contributed by atoms with Crippen LogP contribution in [0.5, 0.6) is 0 Å². The van der Waals surface area contributed by atoms with Gasteiger partial charge in [-0.15, -0.1) is 10.2 Å². The molecule has 7 nitrogen and oxygen atoms in total. The van der Waals surface area contributed by atoms with Gasteiger partial charge in [0.1, 0.15) is 0 Å². The maximum atomic E-state index is 12.4. The van der Waals surface area contributed by atoms with Crippen LogP contribution >= 0.6 is 11.8 Å². The first-order valence-corrected chi connectivity index (χ1v) is 10.6. The Morgan fingerprint density at radius 2 is 1.83 bits per heavy atom. The molecule has 2 amide bonds. The van der Waals surface area contributed by atoms with Crippen LogP contribution in [0.2, 0.25) is 0 Å². The lowest BCUT2D eigenvalue weighted by Crippen LogP contribution is -2.28. The third kappa shape index (κ3) is 5.27. The molecule has 0 aliphatic heterocycles. The van der Waals surface area contributed by atoms with Crippen molar-refractivity contribution in [2.45, 2.75) is 32.0 Å². The second-order valence-electron chi connectivity index (χ2n) is 7.12. The first-order chi connectivity index (χ1) is 14.3. The zero-order chi connectivity index (χ0) is 21.7. The van der Waals surface area contributed by atoms with Crippen LogP contribution in [0.15, 0.2) is 53.7 Å². The van der Waals surface area contributed by atoms with Gasteiger partial charge in [-0.25, -0.2) is 0 Å². The van der Waals surface area contributed by atoms with Crippen LogP contribution in [-0.4, -0.2) is 32.3 Å². The average Bonchev–Trinajstić information content (AvgIpc) is 3.09. The number of amides is 2. The summed E-state index contributed by atoms with van der Waals surface area (Å²) in [5, 5.41) is 14.8. The number of carbonyl (C=O) groups excluding carboxylic acids is 2. The Balaban J connectivity index is 1.58. The van der Waals surface area contributed by atoms with Gasteiger partial charge in [0.15, 0.2) is 11.0 Å². The van der Waals surface area contributed by atoms with E-state index in [0.717, 1.165) is 16.8 Å². The molecule has 3 rings (SSSR count). The molecule has 0 radical (unpaired) electrons. The molecule has 2 aromatic carbocycles. The number of hydrogen-bond acceptors (Lipinski definition) is 5. The van der Waals surface area contributed by atoms with Gasteiger partial charge < -0.3 is 15.2 Å². The van der Waals surface area contributed by atoms with E-state index in [9.17, 15) is 9.59 Å². The van der Waals surface area contributed by atoms with Crippen LogP contribution < -0.4 is 10.6 Å². The second-order valence-corrected chi connectivity index (χ2v) is 8.06. The molecular weight excluding hydrogens is 398 g/mol. The van der Waals surface area contributed by atoms with Gasteiger partial charge >= 0.3 is 0 Å². The standard InChI is InChI=1S/C22H25N5O2S/c1-14-10-11-18(15(2)12-14)24-19(28)13-30-22-26-25-20(27(22)4)16(3)23-21(29)17-8-6-5-7-9-17/h5-12,16H,13H2,1-4H3,(H,23,29)(H,24,28)/t16-/m0/s1. The highest BCUT2D eigenvalue weighted by Gasteiger charge is 2.19. The fourth-order valence-electron chi connectivity index (χ4n) is 3.03. The Hall–Kier alpha value is -3.13. The first kappa shape index (κ1) is 21.6. The van der Waals surface area contributed by atoms with Gasteiger partial charge in [-0.3, -0.25) is 9.59 Å². The molecule has 0 saturated heterocycles. The molecule has 1 aromatic heterocycles. The van der Waals surface area contributed by atoms with Crippen molar-refractivity contribution in [3.05, 3.63) is 71.0 Å². The second kappa shape index (κ2) is 9.58. The number of aromatic nitrogens is 3. The Labute approximate surface area is 180 Å². The van der Waals surface area contributed by atoms with Gasteiger partial charge in [0.05, 0.1) is 11.8 Å². The van der Waals surface area contributed by atoms with Gasteiger partial charge in [0, 0.05) is 18.3 Å². The molecule has 0 spiro atoms. The van der Waals surface area contributed by atoms with E-state index in [-0.39, 0.29) is 23.6 Å². The van der Waals surface area contributed by atoms with Gasteiger partial charge in [-0.2, -0.15) is 0 Å². The van der Waals surface area contributed by atoms with E-state index in [1.807, 2.05) is 64.2 Å². The molecule has 0 unspecified atom stereocenters. The molecule has 0 bridgehead atoms. The summed E-state index contributed by atoms with van der Waals surface area (Å²) >= 11 is 1.30. The van der Waals surface area contributed by atoms with E-state index in [1.165, 1.54) is 11.8 Å². The molecule has 0 aliphatic rings. The third-order valence-electron chi connectivity index (χ3n) is 4.63. The number of thioether (sulfide) groups is 1. The maximum Gasteiger partial charge on any atom is 0.251 e. The fourth-order valence-corrected chi connectivity index (χ4v) is 3.75. The fraction of sp³-hybridized carbons (Fsp3) is 0.273. The number of nitrogens with one attached hydrogen (secondary N) is 2. The van der Waals surface area contributed by atoms with Crippen LogP contribution in [0.1, 0.15) is 40.3 Å². The SMILES string of the molecule is Cc1ccc(NC(=O)CSc2nnc([C@H](C)NC(=O)c3ccccc3)n2C)c(C)c1. The molecule has 0 fully saturated rings. The summed E-state index contributed by atoms with van der Waals surface area (Å²) in [6.45, 7) is 5.84. The molecule has 8 heteroatoms. The van der Waals surface area contributed by atoms with Crippen molar-refractivity contribution in [1.82, 2.24) is 20.1 Å². The van der Waals surface area contributed by atoms with Gasteiger partial charge in [-0.1, -0.05) is 47.7 Å². The van der Waals surface area contributed by atoms with Crippen molar-refractivity contribution in [3.8, 4) is 0 Å². The molecule has 1 atom stereocenters. The molecule has 0 saturated carbocycles. The van der Waals surface area contributed by atoms with Crippen molar-refractivity contribution in [3.63, 3.8) is 0 Å². The van der Waals surface area contributed by atoms with Crippen molar-refractivity contribution in [2.24, 2.45) is 7.05 Å². The topological polar surface area (TPSA) is 88.9 Å². The number of rotatable bonds is 7. The Bertz CT molecular complexity index is 1050. The molecule has 156 valence electrons. The largest absolute Gasteiger partial charge is 0.342 e. The summed E-state index contributed by atoms with van der Waals surface area (Å²) in [5.74, 6) is 0.552. The Morgan fingerprint density at radius 1 is 1.10 bits per heavy atom. The summed E-state index contributed by atoms with van der Waals surface area (Å²) in [5.41, 5.74) is 3.57. The molecular formula is C22H25N5O2S. The summed E-state index contributed by atoms with van der Waals surface area (Å²) in [4.78, 5) is 24.7. The van der Waals surface area contributed by atoms with Crippen molar-refractivity contribution < 1.29 is 9.59 Å². The number of anilines is 1. The predicted octanol–water partition coefficient (Wildman–Crippen LogP) is 3.65. The van der Waals surface area contributed by atoms with Crippen LogP contribution in [-0.2, 0) is 11.8 Å². The van der Waals surface area contributed by atoms with Crippen LogP contribution in [0, 0.1) is 13.8 Å². The third-order valence-corrected chi connectivity index (χ3v) is 5.65. The zero-order valence-corrected chi connectivity index (χ0v) is 18.3. The number of aryl methyl sites for hydroxylation is 2. The highest BCUT2D eigenvalue weighted by molar-refractivity contribution is 7.99. The normalized spacial score (nSPS) is 11.7. The monoisotopic (exact) mass is 423 g/mol. The molecule has 2 N–H and O–H groups in total. The lowest BCUT2D eigenvalue weighted by atomic mass is 10.1. The van der Waals surface area contributed by atoms with Gasteiger partial charge in [-0.05, 0) is 44.5 Å². The number of hydrogen-bond donors (Lipinski definition) is 2. The van der Waals surface area contributed by atoms with Crippen molar-refractivity contribution >= 4 is 29.3 Å². The van der Waals surface area contributed by atoms with Crippen molar-refractivity contribution in [2.75, 3.05) is 11.1 Å². The summed E-state index contributed by atoms with van der Waals surface area (Å²) in [7, 11) is 1.82. The first-order valence-electron chi connectivity index (χ1n) is 9.60. The lowest BCUT2D eigenvalue weighted by Gasteiger charge is -2.13. The minimum absolute atomic E-state index is 0.109. The van der Waals surface area contributed by atoms with Crippen LogP contribution in [0.4, 0.5) is 5.69 Å². The highest BCUT2D eigenvalue weighted by Crippen LogP contribution is 2.21. The minimum atomic E-state index is -0.325. The van der Waals surface area contributed by atoms with Gasteiger partial charge in [0.25, 0.3) is 5.91 Å². The van der Waals surface area contributed by atoms with E-state index in [4.69, 9.17) is 0 Å². The average molecular weight is 424 g/mol. The highest BCUT2D eigenvalue weighted by atomic mass is 32.2. The van der Waals surface area contributed by atoms with E-state index in [2.05, 4.69) is 20.8 Å². The Kier molecular flexibility index (Phi) is 6.89. The quantitative estimate of drug-likeness (QED) is 0.566. The van der Waals surface area contributed by atoms with Crippen molar-refractivity contribution in [1.29, 1.82) is 0 Å². The zero-order valence-electron chi connectivity index (χ0n) is 17.5. The Morgan fingerprint density at radius 3 is 2.53 bits per heavy atom. The summed E-state index contributed by atoms with van der Waals surface area (Å²) in [6.07, 6.45) is 0. The number of nitrogens with zero attached hydrogens (tertiary/aromatic N) is 3. The summed E-state index contributed by atoms with van der Waals surface area (Å²) in [6, 6.07) is 14.6. The van der Waals surface area contributed by atoms with Crippen LogP contribution in [0.25, 0.3) is 0 Å². The molecule has 0 aliphatic carbocycles. The van der Waals surface area contributed by atoms with Crippen LogP contribution in [0.3, 0.4) is 0 Å². The van der Waals surface area contributed by atoms with E-state index in [0.29, 0.717) is 16.5 Å². The number of benzene rings is 2. The summed E-state index contributed by atoms with van der Waals surface area (Å²) < 4.78 is 1.80. The molecule has 3 aromatic rings. The van der Waals surface area contributed by atoms with E-state index in [1.54, 1.807) is 16.7 Å². The molecule has 1 heterocycles. The number of carbonyl (C=O) groups is 2. The lowest BCUT2D eigenvalue weighted by molar-refractivity contribution is -0.113. The maximum absolute atomic E-state index is 12.4. The van der Waals surface area contributed by atoms with Gasteiger partial charge in [0.2, 0.25) is 5.91 Å². The smallest absolute Gasteiger partial charge is 0.251 e.